The molecule has 0 bridgehead atoms. The number of rotatable bonds is 9. The summed E-state index contributed by atoms with van der Waals surface area (Å²) in [6.07, 6.45) is 2.31. The van der Waals surface area contributed by atoms with Crippen LogP contribution in [0.4, 0.5) is 5.82 Å². The Morgan fingerprint density at radius 2 is 2.05 bits per heavy atom. The fourth-order valence-electron chi connectivity index (χ4n) is 2.05. The smallest absolute Gasteiger partial charge is 0.128 e. The molecule has 0 aromatic carbocycles. The van der Waals surface area contributed by atoms with Gasteiger partial charge in [-0.2, -0.15) is 0 Å². The van der Waals surface area contributed by atoms with E-state index in [0.29, 0.717) is 5.92 Å². The number of halogens is 1. The van der Waals surface area contributed by atoms with Crippen molar-refractivity contribution in [1.82, 2.24) is 10.3 Å². The third-order valence-corrected chi connectivity index (χ3v) is 3.90. The summed E-state index contributed by atoms with van der Waals surface area (Å²) in [5, 5.41) is 4.11. The van der Waals surface area contributed by atoms with Crippen LogP contribution in [0.3, 0.4) is 0 Å². The number of aromatic nitrogens is 1. The molecule has 114 valence electrons. The third kappa shape index (κ3) is 5.29. The second-order valence-corrected chi connectivity index (χ2v) is 5.73. The molecule has 0 amide bonds. The maximum absolute atomic E-state index is 6.24. The van der Waals surface area contributed by atoms with Crippen LogP contribution in [0.1, 0.15) is 46.2 Å². The summed E-state index contributed by atoms with van der Waals surface area (Å²) in [5.74, 6) is 1.71. The van der Waals surface area contributed by atoms with Crippen LogP contribution in [0.2, 0.25) is 5.02 Å². The van der Waals surface area contributed by atoms with Crippen LogP contribution in [-0.2, 0) is 6.54 Å². The van der Waals surface area contributed by atoms with E-state index in [4.69, 9.17) is 16.6 Å². The monoisotopic (exact) mass is 297 g/mol. The Kier molecular flexibility index (Phi) is 7.93. The molecule has 1 N–H and O–H groups in total. The molecule has 0 aliphatic carbocycles. The van der Waals surface area contributed by atoms with Gasteiger partial charge in [-0.25, -0.2) is 4.98 Å². The van der Waals surface area contributed by atoms with Crippen molar-refractivity contribution in [2.75, 3.05) is 24.5 Å². The lowest BCUT2D eigenvalue weighted by molar-refractivity contribution is 0.544. The molecular weight excluding hydrogens is 270 g/mol. The zero-order valence-corrected chi connectivity index (χ0v) is 14.0. The molecule has 0 fully saturated rings. The molecule has 0 aliphatic heterocycles. The number of pyridine rings is 1. The summed E-state index contributed by atoms with van der Waals surface area (Å²) in [6, 6.07) is 3.99. The quantitative estimate of drug-likeness (QED) is 0.695. The van der Waals surface area contributed by atoms with Crippen LogP contribution in [-0.4, -0.2) is 24.6 Å². The van der Waals surface area contributed by atoms with Crippen LogP contribution in [0.25, 0.3) is 0 Å². The second kappa shape index (κ2) is 9.19. The lowest BCUT2D eigenvalue weighted by Crippen LogP contribution is -2.29. The Morgan fingerprint density at radius 1 is 1.30 bits per heavy atom. The molecule has 1 aromatic rings. The Hall–Kier alpha value is -0.800. The molecular formula is C16H28ClN3. The lowest BCUT2D eigenvalue weighted by atomic mass is 10.1. The van der Waals surface area contributed by atoms with E-state index < -0.39 is 0 Å². The van der Waals surface area contributed by atoms with Crippen LogP contribution in [0, 0.1) is 5.92 Å². The van der Waals surface area contributed by atoms with Gasteiger partial charge in [0.05, 0.1) is 10.7 Å². The van der Waals surface area contributed by atoms with Gasteiger partial charge in [-0.1, -0.05) is 38.8 Å². The molecule has 3 nitrogen and oxygen atoms in total. The Balaban J connectivity index is 2.80. The van der Waals surface area contributed by atoms with Gasteiger partial charge in [0.15, 0.2) is 0 Å². The highest BCUT2D eigenvalue weighted by Crippen LogP contribution is 2.20. The van der Waals surface area contributed by atoms with Crippen molar-refractivity contribution in [3.8, 4) is 0 Å². The molecule has 0 aliphatic rings. The number of nitrogens with one attached hydrogen (secondary N) is 1. The highest BCUT2D eigenvalue weighted by Gasteiger charge is 2.11. The summed E-state index contributed by atoms with van der Waals surface area (Å²) in [5.41, 5.74) is 0.945. The minimum Gasteiger partial charge on any atom is -0.357 e. The lowest BCUT2D eigenvalue weighted by Gasteiger charge is -2.25. The molecule has 0 saturated carbocycles. The minimum absolute atomic E-state index is 0.675. The maximum atomic E-state index is 6.24. The van der Waals surface area contributed by atoms with Crippen LogP contribution < -0.4 is 10.2 Å². The number of hydrogen-bond acceptors (Lipinski definition) is 3. The minimum atomic E-state index is 0.675. The summed E-state index contributed by atoms with van der Waals surface area (Å²) >= 11 is 6.24. The van der Waals surface area contributed by atoms with Crippen molar-refractivity contribution in [3.63, 3.8) is 0 Å². The SMILES string of the molecule is CCCNCc1nc(N(CC)CC(C)CC)ccc1Cl. The van der Waals surface area contributed by atoms with E-state index in [1.54, 1.807) is 0 Å². The fourth-order valence-corrected chi connectivity index (χ4v) is 2.22. The first-order valence-corrected chi connectivity index (χ1v) is 8.11. The molecule has 1 heterocycles. The maximum Gasteiger partial charge on any atom is 0.128 e. The van der Waals surface area contributed by atoms with Gasteiger partial charge in [0.2, 0.25) is 0 Å². The average molecular weight is 298 g/mol. The van der Waals surface area contributed by atoms with Gasteiger partial charge < -0.3 is 10.2 Å². The Labute approximate surface area is 128 Å². The van der Waals surface area contributed by atoms with Gasteiger partial charge in [-0.05, 0) is 37.9 Å². The molecule has 4 heteroatoms. The van der Waals surface area contributed by atoms with E-state index in [9.17, 15) is 0 Å². The summed E-state index contributed by atoms with van der Waals surface area (Å²) in [4.78, 5) is 7.06. The number of nitrogens with zero attached hydrogens (tertiary/aromatic N) is 2. The van der Waals surface area contributed by atoms with Gasteiger partial charge in [-0.3, -0.25) is 0 Å². The summed E-state index contributed by atoms with van der Waals surface area (Å²) in [7, 11) is 0. The van der Waals surface area contributed by atoms with Gasteiger partial charge >= 0.3 is 0 Å². The van der Waals surface area contributed by atoms with Crippen molar-refractivity contribution in [2.45, 2.75) is 47.1 Å². The van der Waals surface area contributed by atoms with Gasteiger partial charge in [0.25, 0.3) is 0 Å². The normalized spacial score (nSPS) is 12.4. The second-order valence-electron chi connectivity index (χ2n) is 5.33. The molecule has 1 atom stereocenters. The van der Waals surface area contributed by atoms with Crippen molar-refractivity contribution in [3.05, 3.63) is 22.8 Å². The van der Waals surface area contributed by atoms with Gasteiger partial charge in [0.1, 0.15) is 5.82 Å². The molecule has 20 heavy (non-hydrogen) atoms. The van der Waals surface area contributed by atoms with Crippen molar-refractivity contribution < 1.29 is 0 Å². The fraction of sp³-hybridized carbons (Fsp3) is 0.688. The largest absolute Gasteiger partial charge is 0.357 e. The molecule has 1 aromatic heterocycles. The molecule has 0 spiro atoms. The zero-order chi connectivity index (χ0) is 15.0. The van der Waals surface area contributed by atoms with E-state index in [1.807, 2.05) is 12.1 Å². The first-order chi connectivity index (χ1) is 9.62. The van der Waals surface area contributed by atoms with E-state index in [1.165, 1.54) is 6.42 Å². The first kappa shape index (κ1) is 17.3. The Bertz CT molecular complexity index is 395. The van der Waals surface area contributed by atoms with Crippen LogP contribution >= 0.6 is 11.6 Å². The van der Waals surface area contributed by atoms with Gasteiger partial charge in [-0.15, -0.1) is 0 Å². The predicted molar refractivity (Wildman–Crippen MR) is 88.6 cm³/mol. The Morgan fingerprint density at radius 3 is 2.65 bits per heavy atom. The van der Waals surface area contributed by atoms with E-state index in [2.05, 4.69) is 37.9 Å². The van der Waals surface area contributed by atoms with Crippen molar-refractivity contribution in [1.29, 1.82) is 0 Å². The number of hydrogen-bond donors (Lipinski definition) is 1. The van der Waals surface area contributed by atoms with Crippen molar-refractivity contribution >= 4 is 17.4 Å². The third-order valence-electron chi connectivity index (χ3n) is 3.56. The van der Waals surface area contributed by atoms with Crippen molar-refractivity contribution in [2.24, 2.45) is 5.92 Å². The van der Waals surface area contributed by atoms with E-state index in [-0.39, 0.29) is 0 Å². The molecule has 0 radical (unpaired) electrons. The highest BCUT2D eigenvalue weighted by molar-refractivity contribution is 6.31. The summed E-state index contributed by atoms with van der Waals surface area (Å²) in [6.45, 7) is 12.6. The van der Waals surface area contributed by atoms with Gasteiger partial charge in [0, 0.05) is 19.6 Å². The average Bonchev–Trinajstić information content (AvgIpc) is 2.46. The predicted octanol–water partition coefficient (Wildman–Crippen LogP) is 4.11. The van der Waals surface area contributed by atoms with Crippen LogP contribution in [0.5, 0.6) is 0 Å². The first-order valence-electron chi connectivity index (χ1n) is 7.73. The van der Waals surface area contributed by atoms with E-state index >= 15 is 0 Å². The highest BCUT2D eigenvalue weighted by atomic mass is 35.5. The molecule has 0 saturated heterocycles. The van der Waals surface area contributed by atoms with Crippen LogP contribution in [0.15, 0.2) is 12.1 Å². The standard InChI is InChI=1S/C16H28ClN3/c1-5-10-18-11-15-14(17)8-9-16(19-15)20(7-3)12-13(4)6-2/h8-9,13,18H,5-7,10-12H2,1-4H3. The number of anilines is 1. The zero-order valence-electron chi connectivity index (χ0n) is 13.2. The van der Waals surface area contributed by atoms with E-state index in [0.717, 1.165) is 49.1 Å². The molecule has 1 rings (SSSR count). The topological polar surface area (TPSA) is 28.2 Å². The molecule has 1 unspecified atom stereocenters. The summed E-state index contributed by atoms with van der Waals surface area (Å²) < 4.78 is 0.